The van der Waals surface area contributed by atoms with Gasteiger partial charge in [-0.3, -0.25) is 0 Å². The summed E-state index contributed by atoms with van der Waals surface area (Å²) >= 11 is 0. The van der Waals surface area contributed by atoms with E-state index in [0.29, 0.717) is 11.6 Å². The van der Waals surface area contributed by atoms with Gasteiger partial charge >= 0.3 is 0 Å². The highest BCUT2D eigenvalue weighted by molar-refractivity contribution is 6.32. The van der Waals surface area contributed by atoms with Crippen molar-refractivity contribution in [2.75, 3.05) is 0 Å². The molecule has 30 rings (SSSR count). The van der Waals surface area contributed by atoms with E-state index in [4.69, 9.17) is 34.3 Å². The fraction of sp³-hybridized carbons (Fsp3) is 0. The van der Waals surface area contributed by atoms with Gasteiger partial charge in [0.25, 0.3) is 0 Å². The number of nitrogens with zero attached hydrogens (tertiary/aromatic N) is 9. The molecule has 0 saturated heterocycles. The number of para-hydroxylation sites is 4. The topological polar surface area (TPSA) is 105 Å². The normalized spacial score (nSPS) is 11.8. The number of furan rings is 1. The van der Waals surface area contributed by atoms with Crippen molar-refractivity contribution in [2.24, 2.45) is 0 Å². The fourth-order valence-electron chi connectivity index (χ4n) is 22.0. The van der Waals surface area contributed by atoms with E-state index < -0.39 is 0 Å². The molecule has 10 nitrogen and oxygen atoms in total. The van der Waals surface area contributed by atoms with Gasteiger partial charge in [0.2, 0.25) is 0 Å². The first-order chi connectivity index (χ1) is 70.4. The Morgan fingerprint density at radius 2 is 0.415 bits per heavy atom. The van der Waals surface area contributed by atoms with Crippen LogP contribution in [-0.2, 0) is 0 Å². The number of hydrogen-bond acceptors (Lipinski definition) is 7. The maximum Gasteiger partial charge on any atom is 0.160 e. The first-order valence-corrected chi connectivity index (χ1v) is 48.2. The van der Waals surface area contributed by atoms with Crippen molar-refractivity contribution < 1.29 is 4.42 Å². The lowest BCUT2D eigenvalue weighted by molar-refractivity contribution is 0.669. The van der Waals surface area contributed by atoms with Crippen LogP contribution in [0.25, 0.3) is 281 Å². The summed E-state index contributed by atoms with van der Waals surface area (Å²) in [4.78, 5) is 30.8. The quantitative estimate of drug-likeness (QED) is 0.134. The lowest BCUT2D eigenvalue weighted by Crippen LogP contribution is -1.98. The zero-order valence-electron chi connectivity index (χ0n) is 76.7. The van der Waals surface area contributed by atoms with Crippen molar-refractivity contribution in [3.63, 3.8) is 0 Å². The van der Waals surface area contributed by atoms with Gasteiger partial charge in [-0.1, -0.05) is 370 Å². The minimum absolute atomic E-state index is 0.689. The Hall–Kier alpha value is -19.2. The van der Waals surface area contributed by atoms with Crippen LogP contribution in [0.1, 0.15) is 0 Å². The van der Waals surface area contributed by atoms with E-state index in [1.807, 2.05) is 60.7 Å². The molecule has 0 radical (unpaired) electrons. The minimum Gasteiger partial charge on any atom is -0.456 e. The summed E-state index contributed by atoms with van der Waals surface area (Å²) in [6.07, 6.45) is 0. The number of fused-ring (bicyclic) bond motifs is 27. The summed E-state index contributed by atoms with van der Waals surface area (Å²) in [6.45, 7) is 0. The van der Waals surface area contributed by atoms with Crippen LogP contribution in [0.5, 0.6) is 0 Å². The Labute approximate surface area is 814 Å². The van der Waals surface area contributed by atoms with Gasteiger partial charge in [0.15, 0.2) is 17.5 Å². The lowest BCUT2D eigenvalue weighted by Gasteiger charge is -2.12. The predicted molar refractivity (Wildman–Crippen MR) is 592 cm³/mol. The Kier molecular flexibility index (Phi) is 19.1. The van der Waals surface area contributed by atoms with Gasteiger partial charge in [0.05, 0.1) is 66.7 Å². The highest BCUT2D eigenvalue weighted by atomic mass is 16.3. The maximum atomic E-state index is 6.25. The van der Waals surface area contributed by atoms with E-state index in [9.17, 15) is 0 Å². The molecule has 0 unspecified atom stereocenters. The van der Waals surface area contributed by atoms with Gasteiger partial charge in [-0.05, 0) is 197 Å². The number of benzene rings is 23. The molecule has 7 aromatic heterocycles. The molecule has 0 bridgehead atoms. The fourth-order valence-corrected chi connectivity index (χ4v) is 22.0. The summed E-state index contributed by atoms with van der Waals surface area (Å²) in [5.74, 6) is 2.12. The maximum absolute atomic E-state index is 6.25. The second-order valence-corrected chi connectivity index (χ2v) is 36.6. The van der Waals surface area contributed by atoms with Gasteiger partial charge < -0.3 is 18.1 Å². The SMILES string of the molecule is c1ccc(-c2ccc(-c3nc(-c4cccc(-n5c6ccc7ccccc7c6c6c7ccccc7ccc65)c4)nc4ccccc34)cc2)cc1.c1ccc(-c2nc(-c3cccc(-n4c5ccc6ccccc6c5c5c6ccccc6ccc54)c3)nc3ccccc23)cc1.c1ccc2c(c1)ccc1c2c2c3ccccc3ccc2n1-c1ccc(-c2nc(-c3ccc4c(c3)oc3ccccc34)c3ccccc3n2)cc1. The van der Waals surface area contributed by atoms with Crippen LogP contribution < -0.4 is 0 Å². The van der Waals surface area contributed by atoms with Crippen LogP contribution in [0.15, 0.2) is 496 Å². The zero-order valence-corrected chi connectivity index (χ0v) is 76.7. The molecule has 660 valence electrons. The van der Waals surface area contributed by atoms with Crippen molar-refractivity contribution in [1.82, 2.24) is 43.6 Å². The molecule has 142 heavy (non-hydrogen) atoms. The van der Waals surface area contributed by atoms with Crippen molar-refractivity contribution in [3.05, 3.63) is 491 Å². The van der Waals surface area contributed by atoms with Gasteiger partial charge in [-0.2, -0.15) is 0 Å². The standard InChI is InChI=1S/C46H27N3O.C46H29N3.C40H25N3/c1-3-11-33-28(9-1)20-25-39-43(33)44-34-12-4-2-10-29(34)21-26-40(44)49(39)32-22-17-30(18-23-32)46-47-38-15-7-5-14-37(38)45(48-46)31-19-24-36-35-13-6-8-16-41(35)50-42(36)27-31;1-2-11-30(12-3-1)31-21-23-34(24-22-31)45-39-19-8-9-20-40(39)47-46(48-45)35-15-10-16-36(29-35)49-41-27-25-32-13-4-6-17-37(32)43(41)44-38-18-7-5-14-33(38)26-28-42(44)49;1-2-13-28(14-3-1)39-33-19-8-9-20-34(33)41-40(42-39)29-15-10-16-30(25-29)43-35-23-21-26-11-4-6-17-31(26)37(35)38-32-18-7-5-12-27(32)22-24-36(38)43/h1-27H;1-29H;1-25H. The molecule has 7 heterocycles. The van der Waals surface area contributed by atoms with Crippen LogP contribution in [0.4, 0.5) is 0 Å². The highest BCUT2D eigenvalue weighted by Crippen LogP contribution is 2.48. The lowest BCUT2D eigenvalue weighted by atomic mass is 10.00. The van der Waals surface area contributed by atoms with E-state index in [2.05, 4.69) is 444 Å². The monoisotopic (exact) mass is 1810 g/mol. The second-order valence-electron chi connectivity index (χ2n) is 36.6. The summed E-state index contributed by atoms with van der Waals surface area (Å²) < 4.78 is 13.4. The third-order valence-corrected chi connectivity index (χ3v) is 28.5. The van der Waals surface area contributed by atoms with Crippen LogP contribution in [0.3, 0.4) is 0 Å². The summed E-state index contributed by atoms with van der Waals surface area (Å²) in [5.41, 5.74) is 26.1. The van der Waals surface area contributed by atoms with E-state index in [1.54, 1.807) is 0 Å². The van der Waals surface area contributed by atoms with Crippen molar-refractivity contribution in [3.8, 4) is 96.1 Å². The molecule has 0 amide bonds. The summed E-state index contributed by atoms with van der Waals surface area (Å²) in [5, 5.41) is 28.0. The molecule has 10 heteroatoms. The molecule has 0 aliphatic rings. The highest BCUT2D eigenvalue weighted by Gasteiger charge is 2.25. The molecule has 30 aromatic rings. The number of hydrogen-bond donors (Lipinski definition) is 0. The Morgan fingerprint density at radius 1 is 0.148 bits per heavy atom. The molecule has 0 aliphatic carbocycles. The van der Waals surface area contributed by atoms with Crippen LogP contribution in [0, 0.1) is 0 Å². The smallest absolute Gasteiger partial charge is 0.160 e. The predicted octanol–water partition coefficient (Wildman–Crippen LogP) is 34.7. The van der Waals surface area contributed by atoms with Crippen molar-refractivity contribution in [1.29, 1.82) is 0 Å². The van der Waals surface area contributed by atoms with Crippen LogP contribution >= 0.6 is 0 Å². The average Bonchev–Trinajstić information content (AvgIpc) is 1.56. The molecule has 0 spiro atoms. The molecule has 0 N–H and O–H groups in total. The first kappa shape index (κ1) is 81.2. The molecule has 0 fully saturated rings. The summed E-state index contributed by atoms with van der Waals surface area (Å²) in [6, 6.07) is 174. The molecule has 0 saturated carbocycles. The van der Waals surface area contributed by atoms with Crippen LogP contribution in [0.2, 0.25) is 0 Å². The Balaban J connectivity index is 0.000000104. The largest absolute Gasteiger partial charge is 0.456 e. The zero-order chi connectivity index (χ0) is 93.4. The summed E-state index contributed by atoms with van der Waals surface area (Å²) in [7, 11) is 0. The Bertz CT molecular complexity index is 10100. The van der Waals surface area contributed by atoms with E-state index in [-0.39, 0.29) is 0 Å². The van der Waals surface area contributed by atoms with Gasteiger partial charge in [0, 0.05) is 110 Å². The number of aromatic nitrogens is 9. The minimum atomic E-state index is 0.689. The van der Waals surface area contributed by atoms with Gasteiger partial charge in [-0.15, -0.1) is 0 Å². The van der Waals surface area contributed by atoms with E-state index in [1.165, 1.54) is 141 Å². The average molecular weight is 1810 g/mol. The Morgan fingerprint density at radius 3 is 0.803 bits per heavy atom. The van der Waals surface area contributed by atoms with Crippen molar-refractivity contribution in [2.45, 2.75) is 0 Å². The van der Waals surface area contributed by atoms with Gasteiger partial charge in [-0.25, -0.2) is 29.9 Å². The molecular formula is C132H81N9O. The van der Waals surface area contributed by atoms with E-state index in [0.717, 1.165) is 128 Å². The number of rotatable bonds is 10. The molecule has 23 aromatic carbocycles. The van der Waals surface area contributed by atoms with Crippen LogP contribution in [-0.4, -0.2) is 43.6 Å². The third-order valence-electron chi connectivity index (χ3n) is 28.5. The van der Waals surface area contributed by atoms with Crippen molar-refractivity contribution >= 4 is 185 Å². The van der Waals surface area contributed by atoms with Gasteiger partial charge in [0.1, 0.15) is 11.2 Å². The third kappa shape index (κ3) is 13.6. The molecular weight excluding hydrogens is 1730 g/mol. The first-order valence-electron chi connectivity index (χ1n) is 48.2. The second kappa shape index (κ2) is 33.4. The molecule has 0 aliphatic heterocycles. The molecule has 0 atom stereocenters. The van der Waals surface area contributed by atoms with E-state index >= 15 is 0 Å².